The van der Waals surface area contributed by atoms with Crippen molar-refractivity contribution in [3.63, 3.8) is 0 Å². The molecule has 0 unspecified atom stereocenters. The predicted molar refractivity (Wildman–Crippen MR) is 158 cm³/mol. The van der Waals surface area contributed by atoms with Crippen LogP contribution in [0.3, 0.4) is 0 Å². The first kappa shape index (κ1) is 30.2. The summed E-state index contributed by atoms with van der Waals surface area (Å²) in [4.78, 5) is 27.4. The number of hydrogen-bond donors (Lipinski definition) is 2. The molecule has 41 heavy (non-hydrogen) atoms. The Hall–Kier alpha value is -3.81. The maximum Gasteiger partial charge on any atom is 0.253 e. The van der Waals surface area contributed by atoms with Crippen LogP contribution >= 0.6 is 8.20 Å². The second-order valence-corrected chi connectivity index (χ2v) is 10.9. The topological polar surface area (TPSA) is 93.9 Å². The molecule has 0 spiro atoms. The SMILES string of the molecule is COCCNC(=O)c1ccc(N)c(C=PCC2CCN(C(=O)c3ccc(Oc4ccc(F)c(F)c4)cc3)CC2)c1C. The summed E-state index contributed by atoms with van der Waals surface area (Å²) in [6.45, 7) is 4.14. The first-order valence-corrected chi connectivity index (χ1v) is 14.6. The van der Waals surface area contributed by atoms with Crippen LogP contribution in [0.5, 0.6) is 11.5 Å². The Kier molecular flexibility index (Phi) is 10.4. The lowest BCUT2D eigenvalue weighted by atomic mass is 9.98. The van der Waals surface area contributed by atoms with Gasteiger partial charge in [-0.25, -0.2) is 8.78 Å². The van der Waals surface area contributed by atoms with Gasteiger partial charge < -0.3 is 25.4 Å². The van der Waals surface area contributed by atoms with Crippen molar-refractivity contribution in [3.8, 4) is 11.5 Å². The Balaban J connectivity index is 1.28. The number of anilines is 1. The molecule has 0 radical (unpaired) electrons. The summed E-state index contributed by atoms with van der Waals surface area (Å²) < 4.78 is 37.1. The minimum Gasteiger partial charge on any atom is -0.457 e. The number of carbonyl (C=O) groups is 2. The van der Waals surface area contributed by atoms with Gasteiger partial charge in [0.15, 0.2) is 11.6 Å². The molecule has 1 saturated heterocycles. The lowest BCUT2D eigenvalue weighted by Gasteiger charge is -2.31. The van der Waals surface area contributed by atoms with Crippen LogP contribution < -0.4 is 15.8 Å². The summed E-state index contributed by atoms with van der Waals surface area (Å²) in [6.07, 6.45) is 2.75. The largest absolute Gasteiger partial charge is 0.457 e. The predicted octanol–water partition coefficient (Wildman–Crippen LogP) is 5.67. The number of methoxy groups -OCH3 is 1. The summed E-state index contributed by atoms with van der Waals surface area (Å²) in [7, 11) is 2.70. The fourth-order valence-corrected chi connectivity index (χ4v) is 5.96. The molecule has 0 bridgehead atoms. The molecule has 7 nitrogen and oxygen atoms in total. The molecule has 0 aliphatic carbocycles. The number of rotatable bonds is 10. The standard InChI is InChI=1S/C31H34F2N3O4P/c1-20-25(30(37)35-13-16-39-2)8-10-29(34)26(20)19-41-18-21-11-14-36(15-12-21)31(38)22-3-5-23(6-4-22)40-24-7-9-27(32)28(33)17-24/h3-10,17,19,21H,11-16,18,34H2,1-2H3,(H,35,37). The fourth-order valence-electron chi connectivity index (χ4n) is 4.66. The van der Waals surface area contributed by atoms with Crippen molar-refractivity contribution < 1.29 is 27.8 Å². The van der Waals surface area contributed by atoms with Crippen molar-refractivity contribution in [3.05, 3.63) is 88.5 Å². The molecule has 1 aliphatic heterocycles. The van der Waals surface area contributed by atoms with Crippen molar-refractivity contribution in [2.24, 2.45) is 5.92 Å². The van der Waals surface area contributed by atoms with Crippen LogP contribution in [0.15, 0.2) is 54.6 Å². The Morgan fingerprint density at radius 3 is 2.44 bits per heavy atom. The molecule has 3 N–H and O–H groups in total. The van der Waals surface area contributed by atoms with Crippen molar-refractivity contribution in [1.29, 1.82) is 0 Å². The smallest absolute Gasteiger partial charge is 0.253 e. The first-order valence-electron chi connectivity index (χ1n) is 13.4. The van der Waals surface area contributed by atoms with Gasteiger partial charge in [-0.2, -0.15) is 0 Å². The molecule has 4 rings (SSSR count). The van der Waals surface area contributed by atoms with Crippen LogP contribution in [0.1, 0.15) is 44.7 Å². The third-order valence-corrected chi connectivity index (χ3v) is 8.27. The summed E-state index contributed by atoms with van der Waals surface area (Å²) in [5.41, 5.74) is 9.76. The minimum absolute atomic E-state index is 0.0454. The maximum absolute atomic E-state index is 13.4. The monoisotopic (exact) mass is 581 g/mol. The third kappa shape index (κ3) is 7.90. The number of nitrogens with two attached hydrogens (primary N) is 1. The zero-order chi connectivity index (χ0) is 29.4. The van der Waals surface area contributed by atoms with E-state index >= 15 is 0 Å². The van der Waals surface area contributed by atoms with Crippen LogP contribution in [-0.4, -0.2) is 62.0 Å². The number of hydrogen-bond acceptors (Lipinski definition) is 5. The quantitative estimate of drug-likeness (QED) is 0.183. The zero-order valence-electron chi connectivity index (χ0n) is 23.2. The van der Waals surface area contributed by atoms with E-state index in [1.54, 1.807) is 43.5 Å². The maximum atomic E-state index is 13.4. The van der Waals surface area contributed by atoms with Crippen LogP contribution in [-0.2, 0) is 4.74 Å². The van der Waals surface area contributed by atoms with Gasteiger partial charge in [0.05, 0.1) is 6.61 Å². The molecule has 1 aliphatic rings. The summed E-state index contributed by atoms with van der Waals surface area (Å²) in [5.74, 6) is 1.05. The third-order valence-electron chi connectivity index (χ3n) is 7.10. The summed E-state index contributed by atoms with van der Waals surface area (Å²) in [5, 5.41) is 2.85. The number of halogens is 2. The number of nitrogen functional groups attached to an aromatic ring is 1. The number of amides is 2. The Morgan fingerprint density at radius 2 is 1.76 bits per heavy atom. The number of nitrogens with zero attached hydrogens (tertiary/aromatic N) is 1. The summed E-state index contributed by atoms with van der Waals surface area (Å²) >= 11 is 0. The van der Waals surface area contributed by atoms with E-state index in [4.69, 9.17) is 15.2 Å². The van der Waals surface area contributed by atoms with Gasteiger partial charge >= 0.3 is 0 Å². The van der Waals surface area contributed by atoms with Gasteiger partial charge in [-0.15, -0.1) is 8.20 Å². The van der Waals surface area contributed by atoms with Gasteiger partial charge in [0.2, 0.25) is 0 Å². The zero-order valence-corrected chi connectivity index (χ0v) is 24.1. The van der Waals surface area contributed by atoms with Gasteiger partial charge in [-0.1, -0.05) is 0 Å². The Bertz CT molecular complexity index is 1410. The van der Waals surface area contributed by atoms with E-state index in [-0.39, 0.29) is 17.6 Å². The highest BCUT2D eigenvalue weighted by Gasteiger charge is 2.23. The first-order chi connectivity index (χ1) is 19.8. The Labute approximate surface area is 240 Å². The number of nitrogens with one attached hydrogen (secondary N) is 1. The van der Waals surface area contributed by atoms with E-state index in [1.165, 1.54) is 6.07 Å². The highest BCUT2D eigenvalue weighted by atomic mass is 31.1. The molecular weight excluding hydrogens is 547 g/mol. The van der Waals surface area contributed by atoms with E-state index in [2.05, 4.69) is 11.1 Å². The average molecular weight is 582 g/mol. The van der Waals surface area contributed by atoms with Gasteiger partial charge in [0.25, 0.3) is 11.8 Å². The normalized spacial score (nSPS) is 13.9. The van der Waals surface area contributed by atoms with Crippen molar-refractivity contribution in [2.75, 3.05) is 45.2 Å². The summed E-state index contributed by atoms with van der Waals surface area (Å²) in [6, 6.07) is 13.5. The minimum atomic E-state index is -0.984. The molecule has 1 fully saturated rings. The van der Waals surface area contributed by atoms with E-state index in [9.17, 15) is 18.4 Å². The van der Waals surface area contributed by atoms with Crippen LogP contribution in [0.2, 0.25) is 0 Å². The highest BCUT2D eigenvalue weighted by molar-refractivity contribution is 7.39. The molecular formula is C31H34F2N3O4P. The lowest BCUT2D eigenvalue weighted by molar-refractivity contribution is 0.0698. The number of ether oxygens (including phenoxy) is 2. The molecule has 0 saturated carbocycles. The van der Waals surface area contributed by atoms with E-state index in [1.807, 2.05) is 11.8 Å². The van der Waals surface area contributed by atoms with Crippen LogP contribution in [0.4, 0.5) is 14.5 Å². The second kappa shape index (κ2) is 14.2. The van der Waals surface area contributed by atoms with Crippen LogP contribution in [0.25, 0.3) is 0 Å². The molecule has 1 heterocycles. The van der Waals surface area contributed by atoms with E-state index in [0.717, 1.165) is 50.5 Å². The molecule has 3 aromatic carbocycles. The fraction of sp³-hybridized carbons (Fsp3) is 0.323. The number of piperidine rings is 1. The molecule has 2 amide bonds. The molecule has 0 aromatic heterocycles. The van der Waals surface area contributed by atoms with Gasteiger partial charge in [-0.05, 0) is 91.7 Å². The van der Waals surface area contributed by atoms with Gasteiger partial charge in [-0.3, -0.25) is 9.59 Å². The average Bonchev–Trinajstić information content (AvgIpc) is 2.97. The van der Waals surface area contributed by atoms with Crippen molar-refractivity contribution >= 4 is 31.5 Å². The molecule has 3 aromatic rings. The van der Waals surface area contributed by atoms with Gasteiger partial charge in [0, 0.05) is 55.2 Å². The number of carbonyl (C=O) groups excluding carboxylic acids is 2. The van der Waals surface area contributed by atoms with Crippen molar-refractivity contribution in [2.45, 2.75) is 19.8 Å². The molecule has 0 atom stereocenters. The lowest BCUT2D eigenvalue weighted by Crippen LogP contribution is -2.38. The van der Waals surface area contributed by atoms with Gasteiger partial charge in [0.1, 0.15) is 11.5 Å². The second-order valence-electron chi connectivity index (χ2n) is 9.92. The van der Waals surface area contributed by atoms with Crippen molar-refractivity contribution in [1.82, 2.24) is 10.2 Å². The number of likely N-dealkylation sites (tertiary alicyclic amines) is 1. The number of benzene rings is 3. The molecule has 216 valence electrons. The van der Waals surface area contributed by atoms with Crippen LogP contribution in [0, 0.1) is 24.5 Å². The Morgan fingerprint density at radius 1 is 1.05 bits per heavy atom. The van der Waals surface area contributed by atoms with E-state index in [0.29, 0.717) is 54.7 Å². The highest BCUT2D eigenvalue weighted by Crippen LogP contribution is 2.27. The molecule has 10 heteroatoms. The van der Waals surface area contributed by atoms with E-state index < -0.39 is 11.6 Å².